The predicted octanol–water partition coefficient (Wildman–Crippen LogP) is 0.709. The highest BCUT2D eigenvalue weighted by Crippen LogP contribution is 2.43. The Morgan fingerprint density at radius 3 is 2.72 bits per heavy atom. The fourth-order valence-corrected chi connectivity index (χ4v) is 1.42. The topological polar surface area (TPSA) is 84.9 Å². The van der Waals surface area contributed by atoms with Crippen molar-refractivity contribution in [2.75, 3.05) is 0 Å². The van der Waals surface area contributed by atoms with E-state index in [1.165, 1.54) is 18.2 Å². The number of halogens is 2. The molecule has 0 bridgehead atoms. The van der Waals surface area contributed by atoms with E-state index < -0.39 is 18.2 Å². The van der Waals surface area contributed by atoms with Crippen LogP contribution in [0, 0.1) is 0 Å². The molecule has 0 atom stereocenters. The Morgan fingerprint density at radius 2 is 2.06 bits per heavy atom. The Balaban J connectivity index is 2.15. The minimum atomic E-state index is -3.75. The van der Waals surface area contributed by atoms with Crippen molar-refractivity contribution in [3.8, 4) is 11.5 Å². The largest absolute Gasteiger partial charge is 0.586 e. The van der Waals surface area contributed by atoms with Crippen LogP contribution in [0.15, 0.2) is 18.2 Å². The van der Waals surface area contributed by atoms with Crippen LogP contribution in [0.3, 0.4) is 0 Å². The molecule has 0 aliphatic carbocycles. The first-order valence-corrected chi connectivity index (χ1v) is 4.78. The van der Waals surface area contributed by atoms with Gasteiger partial charge in [-0.2, -0.15) is 0 Å². The first-order valence-electron chi connectivity index (χ1n) is 4.78. The summed E-state index contributed by atoms with van der Waals surface area (Å²) >= 11 is 0. The van der Waals surface area contributed by atoms with Gasteiger partial charge in [-0.1, -0.05) is 12.1 Å². The SMILES string of the molecule is O=C(O)C(=O)NCc1cccc2c1OC(F)(F)O2. The molecule has 0 saturated heterocycles. The van der Waals surface area contributed by atoms with E-state index in [1.807, 2.05) is 5.32 Å². The Morgan fingerprint density at radius 1 is 1.33 bits per heavy atom. The van der Waals surface area contributed by atoms with E-state index in [4.69, 9.17) is 5.11 Å². The standard InChI is InChI=1S/C10H7F2NO5/c11-10(12)17-6-3-1-2-5(7(6)18-10)4-13-8(14)9(15)16/h1-3H,4H2,(H,13,14)(H,15,16). The number of fused-ring (bicyclic) bond motifs is 1. The van der Waals surface area contributed by atoms with Crippen molar-refractivity contribution in [2.45, 2.75) is 12.8 Å². The third-order valence-corrected chi connectivity index (χ3v) is 2.14. The van der Waals surface area contributed by atoms with E-state index >= 15 is 0 Å². The monoisotopic (exact) mass is 259 g/mol. The van der Waals surface area contributed by atoms with E-state index in [-0.39, 0.29) is 23.6 Å². The van der Waals surface area contributed by atoms with Crippen LogP contribution in [0.4, 0.5) is 8.78 Å². The number of aliphatic carboxylic acids is 1. The van der Waals surface area contributed by atoms with Crippen molar-refractivity contribution in [1.29, 1.82) is 0 Å². The smallest absolute Gasteiger partial charge is 0.474 e. The number of rotatable bonds is 2. The second kappa shape index (κ2) is 4.13. The zero-order valence-electron chi connectivity index (χ0n) is 8.78. The maximum Gasteiger partial charge on any atom is 0.586 e. The Labute approximate surface area is 99.1 Å². The van der Waals surface area contributed by atoms with Crippen molar-refractivity contribution < 1.29 is 33.0 Å². The zero-order chi connectivity index (χ0) is 13.3. The van der Waals surface area contributed by atoms with Crippen LogP contribution < -0.4 is 14.8 Å². The molecular weight excluding hydrogens is 252 g/mol. The molecule has 0 aromatic heterocycles. The van der Waals surface area contributed by atoms with Gasteiger partial charge in [0.15, 0.2) is 11.5 Å². The molecule has 0 unspecified atom stereocenters. The number of hydrogen-bond donors (Lipinski definition) is 2. The third kappa shape index (κ3) is 2.31. The van der Waals surface area contributed by atoms with Crippen molar-refractivity contribution in [3.05, 3.63) is 23.8 Å². The first-order chi connectivity index (χ1) is 8.39. The molecule has 0 fully saturated rings. The number of ether oxygens (including phenoxy) is 2. The molecule has 1 amide bonds. The van der Waals surface area contributed by atoms with E-state index in [0.717, 1.165) is 0 Å². The molecule has 1 aliphatic heterocycles. The van der Waals surface area contributed by atoms with Gasteiger partial charge < -0.3 is 19.9 Å². The number of carboxylic acids is 1. The Bertz CT molecular complexity index is 517. The van der Waals surface area contributed by atoms with Gasteiger partial charge in [0, 0.05) is 12.1 Å². The number of hydrogen-bond acceptors (Lipinski definition) is 4. The summed E-state index contributed by atoms with van der Waals surface area (Å²) in [5, 5.41) is 10.4. The zero-order valence-corrected chi connectivity index (χ0v) is 8.78. The maximum atomic E-state index is 12.8. The summed E-state index contributed by atoms with van der Waals surface area (Å²) in [4.78, 5) is 21.1. The van der Waals surface area contributed by atoms with Gasteiger partial charge in [-0.3, -0.25) is 4.79 Å². The summed E-state index contributed by atoms with van der Waals surface area (Å²) in [5.41, 5.74) is 0.194. The van der Waals surface area contributed by atoms with Gasteiger partial charge in [0.25, 0.3) is 0 Å². The third-order valence-electron chi connectivity index (χ3n) is 2.14. The normalized spacial score (nSPS) is 15.2. The lowest BCUT2D eigenvalue weighted by atomic mass is 10.2. The van der Waals surface area contributed by atoms with Crippen LogP contribution in [0.1, 0.15) is 5.56 Å². The number of nitrogens with one attached hydrogen (secondary N) is 1. The second-order valence-electron chi connectivity index (χ2n) is 3.40. The van der Waals surface area contributed by atoms with E-state index in [9.17, 15) is 18.4 Å². The van der Waals surface area contributed by atoms with E-state index in [1.54, 1.807) is 0 Å². The Kier molecular flexibility index (Phi) is 2.77. The number of benzene rings is 1. The van der Waals surface area contributed by atoms with Gasteiger partial charge in [0.1, 0.15) is 0 Å². The molecule has 1 aromatic carbocycles. The lowest BCUT2D eigenvalue weighted by Gasteiger charge is -2.07. The molecule has 1 aliphatic rings. The molecular formula is C10H7F2NO5. The van der Waals surface area contributed by atoms with E-state index in [2.05, 4.69) is 9.47 Å². The molecule has 6 nitrogen and oxygen atoms in total. The molecule has 8 heteroatoms. The minimum absolute atomic E-state index is 0.165. The number of amides is 1. The number of carbonyl (C=O) groups excluding carboxylic acids is 1. The van der Waals surface area contributed by atoms with Crippen LogP contribution in [0.5, 0.6) is 11.5 Å². The fraction of sp³-hybridized carbons (Fsp3) is 0.200. The molecule has 1 heterocycles. The fourth-order valence-electron chi connectivity index (χ4n) is 1.42. The molecule has 0 spiro atoms. The van der Waals surface area contributed by atoms with Gasteiger partial charge >= 0.3 is 18.2 Å². The highest BCUT2D eigenvalue weighted by atomic mass is 19.3. The average molecular weight is 259 g/mol. The van der Waals surface area contributed by atoms with Gasteiger partial charge in [0.2, 0.25) is 0 Å². The lowest BCUT2D eigenvalue weighted by molar-refractivity contribution is -0.286. The number of para-hydroxylation sites is 1. The summed E-state index contributed by atoms with van der Waals surface area (Å²) in [6, 6.07) is 4.11. The minimum Gasteiger partial charge on any atom is -0.474 e. The number of carbonyl (C=O) groups is 2. The predicted molar refractivity (Wildman–Crippen MR) is 52.1 cm³/mol. The lowest BCUT2D eigenvalue weighted by Crippen LogP contribution is -2.30. The molecule has 2 rings (SSSR count). The van der Waals surface area contributed by atoms with Crippen molar-refractivity contribution >= 4 is 11.9 Å². The van der Waals surface area contributed by atoms with Crippen LogP contribution in [0.25, 0.3) is 0 Å². The van der Waals surface area contributed by atoms with Gasteiger partial charge in [-0.25, -0.2) is 4.79 Å². The van der Waals surface area contributed by atoms with Crippen LogP contribution in [-0.2, 0) is 16.1 Å². The molecule has 2 N–H and O–H groups in total. The molecule has 0 saturated carbocycles. The highest BCUT2D eigenvalue weighted by Gasteiger charge is 2.44. The second-order valence-corrected chi connectivity index (χ2v) is 3.40. The molecule has 1 aromatic rings. The summed E-state index contributed by atoms with van der Waals surface area (Å²) < 4.78 is 34.1. The van der Waals surface area contributed by atoms with Crippen LogP contribution >= 0.6 is 0 Å². The van der Waals surface area contributed by atoms with Crippen LogP contribution in [0.2, 0.25) is 0 Å². The average Bonchev–Trinajstić information content (AvgIpc) is 2.59. The van der Waals surface area contributed by atoms with Gasteiger partial charge in [0.05, 0.1) is 0 Å². The molecule has 0 radical (unpaired) electrons. The summed E-state index contributed by atoms with van der Waals surface area (Å²) in [7, 11) is 0. The molecule has 18 heavy (non-hydrogen) atoms. The van der Waals surface area contributed by atoms with Crippen molar-refractivity contribution in [3.63, 3.8) is 0 Å². The summed E-state index contributed by atoms with van der Waals surface area (Å²) in [5.74, 6) is -3.28. The maximum absolute atomic E-state index is 12.8. The first kappa shape index (κ1) is 12.1. The highest BCUT2D eigenvalue weighted by molar-refractivity contribution is 6.31. The quantitative estimate of drug-likeness (QED) is 0.764. The van der Waals surface area contributed by atoms with Crippen LogP contribution in [-0.4, -0.2) is 23.3 Å². The summed E-state index contributed by atoms with van der Waals surface area (Å²) in [6.07, 6.45) is -3.75. The van der Waals surface area contributed by atoms with Gasteiger partial charge in [-0.15, -0.1) is 8.78 Å². The number of carboxylic acid groups (broad SMARTS) is 1. The van der Waals surface area contributed by atoms with Gasteiger partial charge in [-0.05, 0) is 6.07 Å². The van der Waals surface area contributed by atoms with E-state index in [0.29, 0.717) is 0 Å². The van der Waals surface area contributed by atoms with Crippen molar-refractivity contribution in [1.82, 2.24) is 5.32 Å². The number of alkyl halides is 2. The molecule has 96 valence electrons. The van der Waals surface area contributed by atoms with Crippen molar-refractivity contribution in [2.24, 2.45) is 0 Å². The Hall–Kier alpha value is -2.38. The summed E-state index contributed by atoms with van der Waals surface area (Å²) in [6.45, 7) is -0.256.